The molecule has 0 radical (unpaired) electrons. The molecule has 2 heterocycles. The lowest BCUT2D eigenvalue weighted by Gasteiger charge is -2.17. The number of rotatable bonds is 3. The van der Waals surface area contributed by atoms with E-state index in [2.05, 4.69) is 45.7 Å². The van der Waals surface area contributed by atoms with E-state index in [1.165, 1.54) is 5.56 Å². The van der Waals surface area contributed by atoms with Crippen LogP contribution in [0.5, 0.6) is 0 Å². The van der Waals surface area contributed by atoms with Gasteiger partial charge in [0.1, 0.15) is 0 Å². The molecule has 3 rings (SSSR count). The van der Waals surface area contributed by atoms with Gasteiger partial charge in [0.2, 0.25) is 5.95 Å². The average Bonchev–Trinajstić information content (AvgIpc) is 2.98. The Labute approximate surface area is 106 Å². The average molecular weight is 240 g/mol. The van der Waals surface area contributed by atoms with Gasteiger partial charge in [-0.25, -0.2) is 4.98 Å². The Hall–Kier alpha value is -2.23. The van der Waals surface area contributed by atoms with E-state index in [1.54, 1.807) is 0 Å². The lowest BCUT2D eigenvalue weighted by Crippen LogP contribution is -2.19. The fraction of sp³-hybridized carbons (Fsp3) is 0.214. The molecule has 0 saturated carbocycles. The van der Waals surface area contributed by atoms with Crippen LogP contribution in [-0.2, 0) is 13.6 Å². The zero-order chi connectivity index (χ0) is 12.5. The minimum absolute atomic E-state index is 0.848. The molecule has 0 bridgehead atoms. The van der Waals surface area contributed by atoms with Crippen LogP contribution in [0.3, 0.4) is 0 Å². The van der Waals surface area contributed by atoms with Crippen molar-refractivity contribution in [3.05, 3.63) is 48.3 Å². The molecule has 0 aliphatic rings. The Morgan fingerprint density at radius 2 is 2.11 bits per heavy atom. The first-order valence-corrected chi connectivity index (χ1v) is 6.00. The molecule has 92 valence electrons. The van der Waals surface area contributed by atoms with Crippen molar-refractivity contribution < 1.29 is 0 Å². The van der Waals surface area contributed by atoms with Crippen LogP contribution in [0.15, 0.2) is 42.7 Å². The summed E-state index contributed by atoms with van der Waals surface area (Å²) in [6.07, 6.45) is 3.96. The molecule has 0 atom stereocenters. The molecule has 4 heteroatoms. The van der Waals surface area contributed by atoms with Crippen molar-refractivity contribution >= 4 is 17.0 Å². The highest BCUT2D eigenvalue weighted by Gasteiger charge is 2.11. The van der Waals surface area contributed by atoms with Crippen LogP contribution < -0.4 is 4.90 Å². The number of nitrogens with zero attached hydrogens (tertiary/aromatic N) is 3. The fourth-order valence-electron chi connectivity index (χ4n) is 2.28. The molecule has 0 aliphatic heterocycles. The minimum atomic E-state index is 0.848. The van der Waals surface area contributed by atoms with Crippen molar-refractivity contribution in [2.45, 2.75) is 6.54 Å². The van der Waals surface area contributed by atoms with E-state index in [9.17, 15) is 0 Å². The summed E-state index contributed by atoms with van der Waals surface area (Å²) in [6.45, 7) is 0.848. The number of para-hydroxylation sites is 2. The number of anilines is 1. The molecule has 0 aliphatic carbocycles. The number of aryl methyl sites for hydroxylation is 1. The van der Waals surface area contributed by atoms with Crippen LogP contribution in [-0.4, -0.2) is 21.6 Å². The number of H-pyrrole nitrogens is 1. The summed E-state index contributed by atoms with van der Waals surface area (Å²) in [5, 5.41) is 0. The van der Waals surface area contributed by atoms with E-state index >= 15 is 0 Å². The molecule has 1 N–H and O–H groups in total. The predicted octanol–water partition coefficient (Wildman–Crippen LogP) is 2.54. The van der Waals surface area contributed by atoms with E-state index in [-0.39, 0.29) is 0 Å². The molecule has 3 aromatic rings. The Balaban J connectivity index is 1.96. The van der Waals surface area contributed by atoms with Crippen molar-refractivity contribution in [3.63, 3.8) is 0 Å². The summed E-state index contributed by atoms with van der Waals surface area (Å²) in [5.74, 6) is 0.984. The molecule has 0 amide bonds. The van der Waals surface area contributed by atoms with Gasteiger partial charge in [-0.1, -0.05) is 12.1 Å². The minimum Gasteiger partial charge on any atom is -0.367 e. The second-order valence-electron chi connectivity index (χ2n) is 4.53. The van der Waals surface area contributed by atoms with E-state index in [4.69, 9.17) is 0 Å². The summed E-state index contributed by atoms with van der Waals surface area (Å²) in [5.41, 5.74) is 3.45. The molecule has 18 heavy (non-hydrogen) atoms. The maximum Gasteiger partial charge on any atom is 0.206 e. The molecule has 0 saturated heterocycles. The smallest absolute Gasteiger partial charge is 0.206 e. The first-order valence-electron chi connectivity index (χ1n) is 6.00. The number of aromatic nitrogens is 3. The highest BCUT2D eigenvalue weighted by Crippen LogP contribution is 2.21. The number of imidazole rings is 1. The molecular formula is C14H16N4. The fourth-order valence-corrected chi connectivity index (χ4v) is 2.28. The number of hydrogen-bond acceptors (Lipinski definition) is 2. The second kappa shape index (κ2) is 4.22. The van der Waals surface area contributed by atoms with E-state index in [1.807, 2.05) is 30.6 Å². The summed E-state index contributed by atoms with van der Waals surface area (Å²) < 4.78 is 2.13. The van der Waals surface area contributed by atoms with E-state index < -0.39 is 0 Å². The maximum atomic E-state index is 4.67. The summed E-state index contributed by atoms with van der Waals surface area (Å²) in [7, 11) is 4.12. The van der Waals surface area contributed by atoms with Crippen molar-refractivity contribution in [2.24, 2.45) is 7.05 Å². The number of benzene rings is 1. The zero-order valence-corrected chi connectivity index (χ0v) is 10.6. The normalized spacial score (nSPS) is 11.0. The van der Waals surface area contributed by atoms with Crippen LogP contribution in [0, 0.1) is 0 Å². The van der Waals surface area contributed by atoms with E-state index in [0.717, 1.165) is 23.5 Å². The summed E-state index contributed by atoms with van der Waals surface area (Å²) in [4.78, 5) is 9.90. The Kier molecular flexibility index (Phi) is 2.55. The van der Waals surface area contributed by atoms with E-state index in [0.29, 0.717) is 0 Å². The van der Waals surface area contributed by atoms with Crippen molar-refractivity contribution in [2.75, 3.05) is 11.9 Å². The van der Waals surface area contributed by atoms with Gasteiger partial charge in [0.25, 0.3) is 0 Å². The van der Waals surface area contributed by atoms with Crippen LogP contribution >= 0.6 is 0 Å². The van der Waals surface area contributed by atoms with Crippen molar-refractivity contribution in [1.29, 1.82) is 0 Å². The van der Waals surface area contributed by atoms with Gasteiger partial charge in [-0.05, 0) is 23.8 Å². The summed E-state index contributed by atoms with van der Waals surface area (Å²) >= 11 is 0. The van der Waals surface area contributed by atoms with Crippen LogP contribution in [0.25, 0.3) is 11.0 Å². The number of fused-ring (bicyclic) bond motifs is 1. The predicted molar refractivity (Wildman–Crippen MR) is 73.6 cm³/mol. The quantitative estimate of drug-likeness (QED) is 0.763. The standard InChI is InChI=1S/C14H16N4/c1-17(10-11-7-8-15-9-11)14-16-12-5-3-4-6-13(12)18(14)2/h3-9,15H,10H2,1-2H3. The monoisotopic (exact) mass is 240 g/mol. The third-order valence-electron chi connectivity index (χ3n) is 3.19. The second-order valence-corrected chi connectivity index (χ2v) is 4.53. The first kappa shape index (κ1) is 10.9. The molecular weight excluding hydrogens is 224 g/mol. The highest BCUT2D eigenvalue weighted by atomic mass is 15.3. The van der Waals surface area contributed by atoms with Gasteiger partial charge in [-0.3, -0.25) is 0 Å². The molecule has 0 fully saturated rings. The molecule has 0 unspecified atom stereocenters. The van der Waals surface area contributed by atoms with Crippen LogP contribution in [0.2, 0.25) is 0 Å². The number of nitrogens with one attached hydrogen (secondary N) is 1. The van der Waals surface area contributed by atoms with Gasteiger partial charge in [0.05, 0.1) is 11.0 Å². The lowest BCUT2D eigenvalue weighted by atomic mass is 10.3. The van der Waals surface area contributed by atoms with Crippen LogP contribution in [0.4, 0.5) is 5.95 Å². The first-order chi connectivity index (χ1) is 8.75. The third kappa shape index (κ3) is 1.76. The highest BCUT2D eigenvalue weighted by molar-refractivity contribution is 5.78. The SMILES string of the molecule is CN(Cc1cc[nH]c1)c1nc2ccccc2n1C. The number of hydrogen-bond donors (Lipinski definition) is 1. The number of aromatic amines is 1. The molecule has 2 aromatic heterocycles. The third-order valence-corrected chi connectivity index (χ3v) is 3.19. The largest absolute Gasteiger partial charge is 0.367 e. The topological polar surface area (TPSA) is 36.9 Å². The van der Waals surface area contributed by atoms with Gasteiger partial charge in [-0.2, -0.15) is 0 Å². The zero-order valence-electron chi connectivity index (χ0n) is 10.6. The Morgan fingerprint density at radius 1 is 1.28 bits per heavy atom. The van der Waals surface area contributed by atoms with Gasteiger partial charge >= 0.3 is 0 Å². The molecule has 1 aromatic carbocycles. The van der Waals surface area contributed by atoms with Crippen molar-refractivity contribution in [1.82, 2.24) is 14.5 Å². The van der Waals surface area contributed by atoms with Gasteiger partial charge in [-0.15, -0.1) is 0 Å². The van der Waals surface area contributed by atoms with Gasteiger partial charge < -0.3 is 14.5 Å². The Bertz CT molecular complexity index is 652. The summed E-state index contributed by atoms with van der Waals surface area (Å²) in [6, 6.07) is 10.3. The van der Waals surface area contributed by atoms with Gasteiger partial charge in [0.15, 0.2) is 0 Å². The lowest BCUT2D eigenvalue weighted by molar-refractivity contribution is 0.819. The Morgan fingerprint density at radius 3 is 2.83 bits per heavy atom. The van der Waals surface area contributed by atoms with Gasteiger partial charge in [0, 0.05) is 33.0 Å². The molecule has 0 spiro atoms. The maximum absolute atomic E-state index is 4.67. The van der Waals surface area contributed by atoms with Crippen molar-refractivity contribution in [3.8, 4) is 0 Å². The van der Waals surface area contributed by atoms with Crippen LogP contribution in [0.1, 0.15) is 5.56 Å². The molecule has 4 nitrogen and oxygen atoms in total.